The number of benzene rings is 1. The van der Waals surface area contributed by atoms with E-state index in [-0.39, 0.29) is 12.4 Å². The summed E-state index contributed by atoms with van der Waals surface area (Å²) in [5.41, 5.74) is 2.15. The van der Waals surface area contributed by atoms with Crippen LogP contribution in [0.1, 0.15) is 21.8 Å². The summed E-state index contributed by atoms with van der Waals surface area (Å²) in [4.78, 5) is 15.2. The molecule has 0 saturated heterocycles. The van der Waals surface area contributed by atoms with Crippen LogP contribution in [-0.4, -0.2) is 23.2 Å². The van der Waals surface area contributed by atoms with Gasteiger partial charge in [-0.1, -0.05) is 17.7 Å². The van der Waals surface area contributed by atoms with Crippen LogP contribution < -0.4 is 0 Å². The molecule has 0 atom stereocenters. The van der Waals surface area contributed by atoms with Crippen molar-refractivity contribution in [1.82, 2.24) is 4.98 Å². The van der Waals surface area contributed by atoms with Crippen molar-refractivity contribution < 1.29 is 19.1 Å². The molecule has 0 radical (unpaired) electrons. The first-order valence-electron chi connectivity index (χ1n) is 5.41. The minimum absolute atomic E-state index is 0.108. The monoisotopic (exact) mass is 247 g/mol. The Morgan fingerprint density at radius 3 is 2.61 bits per heavy atom. The summed E-state index contributed by atoms with van der Waals surface area (Å²) in [7, 11) is 1.48. The molecule has 1 N–H and O–H groups in total. The third-order valence-electron chi connectivity index (χ3n) is 2.47. The molecule has 0 unspecified atom stereocenters. The Kier molecular flexibility index (Phi) is 3.43. The van der Waals surface area contributed by atoms with Gasteiger partial charge in [-0.05, 0) is 19.1 Å². The number of hydrogen-bond acceptors (Lipinski definition) is 4. The van der Waals surface area contributed by atoms with E-state index in [1.165, 1.54) is 7.11 Å². The van der Waals surface area contributed by atoms with Crippen molar-refractivity contribution in [2.45, 2.75) is 13.5 Å². The number of oxazole rings is 1. The van der Waals surface area contributed by atoms with Crippen LogP contribution in [-0.2, 0) is 11.3 Å². The summed E-state index contributed by atoms with van der Waals surface area (Å²) in [6, 6.07) is 7.50. The van der Waals surface area contributed by atoms with Crippen molar-refractivity contribution >= 4 is 5.97 Å². The van der Waals surface area contributed by atoms with Gasteiger partial charge in [-0.15, -0.1) is 0 Å². The zero-order valence-electron chi connectivity index (χ0n) is 10.1. The lowest BCUT2D eigenvalue weighted by Gasteiger charge is -1.95. The number of aromatic carboxylic acids is 1. The zero-order chi connectivity index (χ0) is 13.1. The van der Waals surface area contributed by atoms with Crippen LogP contribution in [0.5, 0.6) is 0 Å². The van der Waals surface area contributed by atoms with E-state index in [4.69, 9.17) is 14.3 Å². The molecular weight excluding hydrogens is 234 g/mol. The number of aromatic nitrogens is 1. The van der Waals surface area contributed by atoms with Crippen LogP contribution in [0.3, 0.4) is 0 Å². The van der Waals surface area contributed by atoms with Gasteiger partial charge in [0.2, 0.25) is 11.7 Å². The van der Waals surface area contributed by atoms with E-state index in [1.54, 1.807) is 0 Å². The Morgan fingerprint density at radius 2 is 2.06 bits per heavy atom. The summed E-state index contributed by atoms with van der Waals surface area (Å²) in [6.07, 6.45) is 0. The molecule has 0 fully saturated rings. The predicted molar refractivity (Wildman–Crippen MR) is 64.3 cm³/mol. The molecule has 0 saturated carbocycles. The average molecular weight is 247 g/mol. The van der Waals surface area contributed by atoms with E-state index in [2.05, 4.69) is 4.98 Å². The van der Waals surface area contributed by atoms with Crippen molar-refractivity contribution in [2.24, 2.45) is 0 Å². The lowest BCUT2D eigenvalue weighted by Crippen LogP contribution is -2.00. The Bertz CT molecular complexity index is 557. The van der Waals surface area contributed by atoms with Crippen LogP contribution in [0, 0.1) is 6.92 Å². The normalized spacial score (nSPS) is 10.6. The van der Waals surface area contributed by atoms with E-state index in [0.717, 1.165) is 11.1 Å². The van der Waals surface area contributed by atoms with Gasteiger partial charge in [0.1, 0.15) is 5.69 Å². The smallest absolute Gasteiger partial charge is 0.373 e. The minimum atomic E-state index is -1.15. The SMILES string of the molecule is COCc1nc(-c2ccc(C)cc2)oc1C(=O)O. The summed E-state index contributed by atoms with van der Waals surface area (Å²) < 4.78 is 10.2. The van der Waals surface area contributed by atoms with Crippen LogP contribution in [0.4, 0.5) is 0 Å². The maximum Gasteiger partial charge on any atom is 0.373 e. The highest BCUT2D eigenvalue weighted by Crippen LogP contribution is 2.23. The Hall–Kier alpha value is -2.14. The number of hydrogen-bond donors (Lipinski definition) is 1. The first-order chi connectivity index (χ1) is 8.61. The molecule has 94 valence electrons. The van der Waals surface area contributed by atoms with Gasteiger partial charge in [0.25, 0.3) is 0 Å². The standard InChI is InChI=1S/C13H13NO4/c1-8-3-5-9(6-4-8)12-14-10(7-17-2)11(18-12)13(15)16/h3-6H,7H2,1-2H3,(H,15,16). The summed E-state index contributed by atoms with van der Waals surface area (Å²) in [6.45, 7) is 2.08. The van der Waals surface area contributed by atoms with Crippen molar-refractivity contribution in [3.63, 3.8) is 0 Å². The van der Waals surface area contributed by atoms with Gasteiger partial charge in [0.15, 0.2) is 0 Å². The molecule has 18 heavy (non-hydrogen) atoms. The third kappa shape index (κ3) is 2.41. The highest BCUT2D eigenvalue weighted by atomic mass is 16.5. The molecule has 1 heterocycles. The second kappa shape index (κ2) is 5.01. The highest BCUT2D eigenvalue weighted by molar-refractivity contribution is 5.86. The number of aryl methyl sites for hydroxylation is 1. The molecule has 0 aliphatic heterocycles. The second-order valence-corrected chi connectivity index (χ2v) is 3.90. The van der Waals surface area contributed by atoms with Gasteiger partial charge in [-0.3, -0.25) is 0 Å². The van der Waals surface area contributed by atoms with Gasteiger partial charge in [-0.25, -0.2) is 9.78 Å². The zero-order valence-corrected chi connectivity index (χ0v) is 10.1. The largest absolute Gasteiger partial charge is 0.475 e. The topological polar surface area (TPSA) is 72.6 Å². The number of methoxy groups -OCH3 is 1. The maximum atomic E-state index is 11.0. The van der Waals surface area contributed by atoms with Crippen LogP contribution in [0.25, 0.3) is 11.5 Å². The van der Waals surface area contributed by atoms with Crippen LogP contribution >= 0.6 is 0 Å². The van der Waals surface area contributed by atoms with Crippen molar-refractivity contribution in [3.05, 3.63) is 41.3 Å². The summed E-state index contributed by atoms with van der Waals surface area (Å²) in [5, 5.41) is 9.01. The van der Waals surface area contributed by atoms with Gasteiger partial charge < -0.3 is 14.3 Å². The first-order valence-corrected chi connectivity index (χ1v) is 5.41. The lowest BCUT2D eigenvalue weighted by atomic mass is 10.1. The van der Waals surface area contributed by atoms with Crippen molar-refractivity contribution in [1.29, 1.82) is 0 Å². The summed E-state index contributed by atoms with van der Waals surface area (Å²) >= 11 is 0. The highest BCUT2D eigenvalue weighted by Gasteiger charge is 2.19. The third-order valence-corrected chi connectivity index (χ3v) is 2.47. The molecule has 1 aromatic heterocycles. The number of carbonyl (C=O) groups is 1. The molecule has 2 aromatic rings. The van der Waals surface area contributed by atoms with E-state index in [1.807, 2.05) is 31.2 Å². The quantitative estimate of drug-likeness (QED) is 0.898. The molecule has 0 spiro atoms. The molecule has 1 aromatic carbocycles. The number of nitrogens with zero attached hydrogens (tertiary/aromatic N) is 1. The predicted octanol–water partition coefficient (Wildman–Crippen LogP) is 2.49. The Labute approximate surface area is 104 Å². The fraction of sp³-hybridized carbons (Fsp3) is 0.231. The van der Waals surface area contributed by atoms with Gasteiger partial charge in [0, 0.05) is 12.7 Å². The maximum absolute atomic E-state index is 11.0. The van der Waals surface area contributed by atoms with Crippen LogP contribution in [0.2, 0.25) is 0 Å². The van der Waals surface area contributed by atoms with Gasteiger partial charge >= 0.3 is 5.97 Å². The number of ether oxygens (including phenoxy) is 1. The Balaban J connectivity index is 2.42. The fourth-order valence-electron chi connectivity index (χ4n) is 1.57. The molecule has 0 aliphatic rings. The molecule has 0 bridgehead atoms. The lowest BCUT2D eigenvalue weighted by molar-refractivity contribution is 0.0656. The second-order valence-electron chi connectivity index (χ2n) is 3.90. The van der Waals surface area contributed by atoms with Crippen LogP contribution in [0.15, 0.2) is 28.7 Å². The van der Waals surface area contributed by atoms with E-state index >= 15 is 0 Å². The van der Waals surface area contributed by atoms with Gasteiger partial charge in [-0.2, -0.15) is 0 Å². The molecule has 2 rings (SSSR count). The number of rotatable bonds is 4. The van der Waals surface area contributed by atoms with E-state index in [0.29, 0.717) is 11.6 Å². The molecule has 0 aliphatic carbocycles. The molecule has 0 amide bonds. The Morgan fingerprint density at radius 1 is 1.39 bits per heavy atom. The molecule has 5 nitrogen and oxygen atoms in total. The van der Waals surface area contributed by atoms with E-state index < -0.39 is 5.97 Å². The summed E-state index contributed by atoms with van der Waals surface area (Å²) in [5.74, 6) is -1.03. The molecular formula is C13H13NO4. The number of carboxylic acids is 1. The first kappa shape index (κ1) is 12.3. The average Bonchev–Trinajstić information content (AvgIpc) is 2.75. The molecule has 5 heteroatoms. The van der Waals surface area contributed by atoms with E-state index in [9.17, 15) is 4.79 Å². The fourth-order valence-corrected chi connectivity index (χ4v) is 1.57. The van der Waals surface area contributed by atoms with Crippen molar-refractivity contribution in [2.75, 3.05) is 7.11 Å². The number of carboxylic acid groups (broad SMARTS) is 1. The minimum Gasteiger partial charge on any atom is -0.475 e. The van der Waals surface area contributed by atoms with Crippen molar-refractivity contribution in [3.8, 4) is 11.5 Å². The van der Waals surface area contributed by atoms with Gasteiger partial charge in [0.05, 0.1) is 6.61 Å².